The SMILES string of the molecule is CCNC1(CC(=O)OC)CCCC1CC. The van der Waals surface area contributed by atoms with Gasteiger partial charge in [0.15, 0.2) is 0 Å². The van der Waals surface area contributed by atoms with Crippen molar-refractivity contribution in [1.82, 2.24) is 5.32 Å². The predicted molar refractivity (Wildman–Crippen MR) is 60.7 cm³/mol. The fourth-order valence-corrected chi connectivity index (χ4v) is 2.95. The number of carbonyl (C=O) groups is 1. The molecular formula is C12H23NO2. The first-order chi connectivity index (χ1) is 7.18. The minimum Gasteiger partial charge on any atom is -0.469 e. The van der Waals surface area contributed by atoms with Crippen LogP contribution in [0.1, 0.15) is 46.0 Å². The Morgan fingerprint density at radius 2 is 2.27 bits per heavy atom. The lowest BCUT2D eigenvalue weighted by Gasteiger charge is -2.35. The van der Waals surface area contributed by atoms with Gasteiger partial charge in [-0.3, -0.25) is 4.79 Å². The highest BCUT2D eigenvalue weighted by atomic mass is 16.5. The van der Waals surface area contributed by atoms with Gasteiger partial charge in [-0.2, -0.15) is 0 Å². The van der Waals surface area contributed by atoms with Crippen molar-refractivity contribution in [3.05, 3.63) is 0 Å². The number of ether oxygens (including phenoxy) is 1. The molecule has 88 valence electrons. The lowest BCUT2D eigenvalue weighted by atomic mass is 9.82. The minimum atomic E-state index is -0.0868. The van der Waals surface area contributed by atoms with Crippen molar-refractivity contribution in [3.63, 3.8) is 0 Å². The fourth-order valence-electron chi connectivity index (χ4n) is 2.95. The van der Waals surface area contributed by atoms with E-state index in [1.54, 1.807) is 0 Å². The van der Waals surface area contributed by atoms with Crippen LogP contribution < -0.4 is 5.32 Å². The van der Waals surface area contributed by atoms with Crippen molar-refractivity contribution in [2.75, 3.05) is 13.7 Å². The molecule has 1 aliphatic carbocycles. The number of methoxy groups -OCH3 is 1. The highest BCUT2D eigenvalue weighted by Crippen LogP contribution is 2.40. The highest BCUT2D eigenvalue weighted by Gasteiger charge is 2.42. The molecule has 3 nitrogen and oxygen atoms in total. The number of nitrogens with one attached hydrogen (secondary N) is 1. The third kappa shape index (κ3) is 2.71. The van der Waals surface area contributed by atoms with Crippen LogP contribution in [0.15, 0.2) is 0 Å². The number of esters is 1. The van der Waals surface area contributed by atoms with Crippen LogP contribution in [0.25, 0.3) is 0 Å². The van der Waals surface area contributed by atoms with Gasteiger partial charge in [-0.1, -0.05) is 26.7 Å². The van der Waals surface area contributed by atoms with E-state index in [-0.39, 0.29) is 11.5 Å². The van der Waals surface area contributed by atoms with Crippen molar-refractivity contribution in [1.29, 1.82) is 0 Å². The normalized spacial score (nSPS) is 30.5. The Morgan fingerprint density at radius 3 is 2.80 bits per heavy atom. The maximum absolute atomic E-state index is 11.4. The van der Waals surface area contributed by atoms with Gasteiger partial charge < -0.3 is 10.1 Å². The van der Waals surface area contributed by atoms with Crippen LogP contribution in [0.4, 0.5) is 0 Å². The topological polar surface area (TPSA) is 38.3 Å². The van der Waals surface area contributed by atoms with Crippen LogP contribution >= 0.6 is 0 Å². The third-order valence-corrected chi connectivity index (χ3v) is 3.67. The second-order valence-electron chi connectivity index (χ2n) is 4.44. The summed E-state index contributed by atoms with van der Waals surface area (Å²) >= 11 is 0. The molecule has 0 heterocycles. The molecule has 2 atom stereocenters. The monoisotopic (exact) mass is 213 g/mol. The zero-order valence-electron chi connectivity index (χ0n) is 10.1. The van der Waals surface area contributed by atoms with Gasteiger partial charge >= 0.3 is 5.97 Å². The largest absolute Gasteiger partial charge is 0.469 e. The van der Waals surface area contributed by atoms with E-state index in [1.807, 2.05) is 0 Å². The van der Waals surface area contributed by atoms with Crippen LogP contribution in [0, 0.1) is 5.92 Å². The van der Waals surface area contributed by atoms with Gasteiger partial charge in [0.05, 0.1) is 13.5 Å². The molecule has 1 N–H and O–H groups in total. The number of hydrogen-bond donors (Lipinski definition) is 1. The molecule has 1 aliphatic rings. The Balaban J connectivity index is 2.72. The van der Waals surface area contributed by atoms with Crippen molar-refractivity contribution in [2.24, 2.45) is 5.92 Å². The van der Waals surface area contributed by atoms with Crippen molar-refractivity contribution < 1.29 is 9.53 Å². The van der Waals surface area contributed by atoms with E-state index in [4.69, 9.17) is 4.74 Å². The summed E-state index contributed by atoms with van der Waals surface area (Å²) in [6.07, 6.45) is 5.23. The smallest absolute Gasteiger partial charge is 0.307 e. The van der Waals surface area contributed by atoms with Gasteiger partial charge in [0.2, 0.25) is 0 Å². The average molecular weight is 213 g/mol. The summed E-state index contributed by atoms with van der Waals surface area (Å²) in [7, 11) is 1.47. The van der Waals surface area contributed by atoms with Crippen molar-refractivity contribution >= 4 is 5.97 Å². The number of carbonyl (C=O) groups excluding carboxylic acids is 1. The predicted octanol–water partition coefficient (Wildman–Crippen LogP) is 2.11. The van der Waals surface area contributed by atoms with Crippen molar-refractivity contribution in [2.45, 2.75) is 51.5 Å². The van der Waals surface area contributed by atoms with Gasteiger partial charge in [-0.05, 0) is 25.3 Å². The summed E-state index contributed by atoms with van der Waals surface area (Å²) in [6, 6.07) is 0. The lowest BCUT2D eigenvalue weighted by molar-refractivity contribution is -0.142. The second kappa shape index (κ2) is 5.50. The van der Waals surface area contributed by atoms with Gasteiger partial charge in [0.25, 0.3) is 0 Å². The van der Waals surface area contributed by atoms with E-state index >= 15 is 0 Å². The van der Waals surface area contributed by atoms with E-state index in [9.17, 15) is 4.79 Å². The third-order valence-electron chi connectivity index (χ3n) is 3.67. The van der Waals surface area contributed by atoms with Crippen LogP contribution in [-0.4, -0.2) is 25.2 Å². The Kier molecular flexibility index (Phi) is 4.58. The maximum atomic E-state index is 11.4. The standard InChI is InChI=1S/C12H23NO2/c1-4-10-7-6-8-12(10,13-5-2)9-11(14)15-3/h10,13H,4-9H2,1-3H3. The van der Waals surface area contributed by atoms with Crippen LogP contribution in [0.2, 0.25) is 0 Å². The van der Waals surface area contributed by atoms with E-state index < -0.39 is 0 Å². The molecule has 2 unspecified atom stereocenters. The molecule has 0 amide bonds. The molecule has 1 saturated carbocycles. The first kappa shape index (κ1) is 12.5. The van der Waals surface area contributed by atoms with Gasteiger partial charge in [0, 0.05) is 5.54 Å². The molecule has 0 aromatic rings. The van der Waals surface area contributed by atoms with Gasteiger partial charge in [0.1, 0.15) is 0 Å². The highest BCUT2D eigenvalue weighted by molar-refractivity contribution is 5.70. The number of hydrogen-bond acceptors (Lipinski definition) is 3. The summed E-state index contributed by atoms with van der Waals surface area (Å²) in [5.41, 5.74) is 0.0105. The molecule has 1 rings (SSSR count). The van der Waals surface area contributed by atoms with Crippen molar-refractivity contribution in [3.8, 4) is 0 Å². The molecule has 15 heavy (non-hydrogen) atoms. The fraction of sp³-hybridized carbons (Fsp3) is 0.917. The quantitative estimate of drug-likeness (QED) is 0.711. The second-order valence-corrected chi connectivity index (χ2v) is 4.44. The van der Waals surface area contributed by atoms with E-state index in [2.05, 4.69) is 19.2 Å². The molecule has 1 fully saturated rings. The molecule has 0 bridgehead atoms. The summed E-state index contributed by atoms with van der Waals surface area (Å²) < 4.78 is 4.80. The summed E-state index contributed by atoms with van der Waals surface area (Å²) in [5.74, 6) is 0.535. The van der Waals surface area contributed by atoms with E-state index in [0.717, 1.165) is 19.4 Å². The molecule has 3 heteroatoms. The first-order valence-corrected chi connectivity index (χ1v) is 6.00. The molecule has 0 saturated heterocycles. The van der Waals surface area contributed by atoms with Crippen LogP contribution in [0.3, 0.4) is 0 Å². The molecule has 0 radical (unpaired) electrons. The summed E-state index contributed by atoms with van der Waals surface area (Å²) in [6.45, 7) is 5.23. The molecule has 0 aromatic heterocycles. The molecule has 0 aliphatic heterocycles. The summed E-state index contributed by atoms with van der Waals surface area (Å²) in [4.78, 5) is 11.4. The average Bonchev–Trinajstić information content (AvgIpc) is 2.61. The van der Waals surface area contributed by atoms with Gasteiger partial charge in [-0.15, -0.1) is 0 Å². The van der Waals surface area contributed by atoms with E-state index in [0.29, 0.717) is 12.3 Å². The van der Waals surface area contributed by atoms with Crippen LogP contribution in [-0.2, 0) is 9.53 Å². The van der Waals surface area contributed by atoms with Gasteiger partial charge in [-0.25, -0.2) is 0 Å². The Bertz CT molecular complexity index is 218. The zero-order chi connectivity index (χ0) is 11.3. The Labute approximate surface area is 92.6 Å². The van der Waals surface area contributed by atoms with E-state index in [1.165, 1.54) is 20.0 Å². The maximum Gasteiger partial charge on any atom is 0.307 e. The molecule has 0 spiro atoms. The Hall–Kier alpha value is -0.570. The van der Waals surface area contributed by atoms with Crippen LogP contribution in [0.5, 0.6) is 0 Å². The number of rotatable bonds is 5. The molecular weight excluding hydrogens is 190 g/mol. The lowest BCUT2D eigenvalue weighted by Crippen LogP contribution is -2.49. The minimum absolute atomic E-state index is 0.0105. The summed E-state index contributed by atoms with van der Waals surface area (Å²) in [5, 5.41) is 3.52. The molecule has 0 aromatic carbocycles. The first-order valence-electron chi connectivity index (χ1n) is 6.00. The zero-order valence-corrected chi connectivity index (χ0v) is 10.1. The Morgan fingerprint density at radius 1 is 1.53 bits per heavy atom.